The van der Waals surface area contributed by atoms with Crippen molar-refractivity contribution in [1.82, 2.24) is 35.8 Å². The monoisotopic (exact) mass is 971 g/mol. The Morgan fingerprint density at radius 3 is 1.97 bits per heavy atom. The molecular weight excluding hydrogens is 907 g/mol. The summed E-state index contributed by atoms with van der Waals surface area (Å²) in [5.74, 6) is -7.81. The third-order valence-corrected chi connectivity index (χ3v) is 12.7. The Hall–Kier alpha value is -6.62. The van der Waals surface area contributed by atoms with Crippen LogP contribution < -0.4 is 42.2 Å². The first-order valence-corrected chi connectivity index (χ1v) is 23.8. The summed E-state index contributed by atoms with van der Waals surface area (Å²) in [6.45, 7) is 8.58. The molecule has 23 heteroatoms. The quantitative estimate of drug-likeness (QED) is 0.0557. The number of amides is 8. The molecule has 1 aliphatic heterocycles. The first-order valence-electron chi connectivity index (χ1n) is 22.3. The van der Waals surface area contributed by atoms with E-state index >= 15 is 0 Å². The van der Waals surface area contributed by atoms with Crippen LogP contribution in [0.4, 0.5) is 0 Å². The molecule has 1 heterocycles. The Morgan fingerprint density at radius 2 is 1.40 bits per heavy atom. The van der Waals surface area contributed by atoms with Gasteiger partial charge in [0.15, 0.2) is 0 Å². The van der Waals surface area contributed by atoms with E-state index in [1.807, 2.05) is 13.0 Å². The first kappa shape index (κ1) is 55.7. The molecule has 2 aromatic rings. The third kappa shape index (κ3) is 16.9. The predicted molar refractivity (Wildman–Crippen MR) is 246 cm³/mol. The molecule has 1 aliphatic rings. The average Bonchev–Trinajstić information content (AvgIpc) is 3.78. The zero-order valence-corrected chi connectivity index (χ0v) is 40.0. The van der Waals surface area contributed by atoms with Gasteiger partial charge < -0.3 is 52.4 Å². The number of sulfonamides is 1. The van der Waals surface area contributed by atoms with Crippen molar-refractivity contribution in [1.29, 1.82) is 0 Å². The van der Waals surface area contributed by atoms with Crippen molar-refractivity contribution in [3.8, 4) is 11.5 Å². The molecule has 0 unspecified atom stereocenters. The van der Waals surface area contributed by atoms with Crippen LogP contribution in [0, 0.1) is 11.8 Å². The largest absolute Gasteiger partial charge is 0.481 e. The number of likely N-dealkylation sites (tertiary alicyclic amines) is 1. The topological polar surface area (TPSA) is 336 Å². The van der Waals surface area contributed by atoms with Gasteiger partial charge in [-0.1, -0.05) is 52.3 Å². The van der Waals surface area contributed by atoms with Crippen molar-refractivity contribution in [3.63, 3.8) is 0 Å². The van der Waals surface area contributed by atoms with Crippen LogP contribution in [0.25, 0.3) is 0 Å². The van der Waals surface area contributed by atoms with Gasteiger partial charge in [0, 0.05) is 26.6 Å². The molecule has 0 spiro atoms. The highest BCUT2D eigenvalue weighted by Crippen LogP contribution is 2.25. The van der Waals surface area contributed by atoms with E-state index in [9.17, 15) is 56.7 Å². The fraction of sp³-hybridized carbons (Fsp3) is 0.533. The van der Waals surface area contributed by atoms with Crippen molar-refractivity contribution < 1.29 is 61.4 Å². The zero-order chi connectivity index (χ0) is 50.9. The van der Waals surface area contributed by atoms with Crippen molar-refractivity contribution in [2.45, 2.75) is 127 Å². The Bertz CT molecular complexity index is 2230. The van der Waals surface area contributed by atoms with Gasteiger partial charge in [0.1, 0.15) is 47.8 Å². The fourth-order valence-corrected chi connectivity index (χ4v) is 8.52. The fourth-order valence-electron chi connectivity index (χ4n) is 7.45. The van der Waals surface area contributed by atoms with E-state index in [0.29, 0.717) is 30.8 Å². The predicted octanol–water partition coefficient (Wildman–Crippen LogP) is 0.242. The van der Waals surface area contributed by atoms with Crippen LogP contribution in [0.2, 0.25) is 0 Å². The van der Waals surface area contributed by atoms with Gasteiger partial charge in [-0.15, -0.1) is 0 Å². The van der Waals surface area contributed by atoms with Gasteiger partial charge in [-0.2, -0.15) is 0 Å². The average molecular weight is 972 g/mol. The van der Waals surface area contributed by atoms with Gasteiger partial charge in [0.05, 0.1) is 17.7 Å². The summed E-state index contributed by atoms with van der Waals surface area (Å²) in [6, 6.07) is 6.55. The van der Waals surface area contributed by atoms with E-state index in [1.165, 1.54) is 48.0 Å². The van der Waals surface area contributed by atoms with Crippen LogP contribution in [0.15, 0.2) is 59.5 Å². The molecule has 0 radical (unpaired) electrons. The Balaban J connectivity index is 1.63. The van der Waals surface area contributed by atoms with E-state index in [2.05, 4.69) is 26.0 Å². The lowest BCUT2D eigenvalue weighted by atomic mass is 9.94. The number of benzene rings is 2. The van der Waals surface area contributed by atoms with E-state index < -0.39 is 112 Å². The number of nitrogens with zero attached hydrogens (tertiary/aromatic N) is 2. The summed E-state index contributed by atoms with van der Waals surface area (Å²) in [5, 5.41) is 19.0. The number of aliphatic carboxylic acids is 1. The number of hydrogen-bond acceptors (Lipinski definition) is 12. The molecule has 374 valence electrons. The summed E-state index contributed by atoms with van der Waals surface area (Å²) >= 11 is 0. The smallest absolute Gasteiger partial charge is 0.305 e. The highest BCUT2D eigenvalue weighted by Gasteiger charge is 2.42. The Kier molecular flexibility index (Phi) is 21.4. The molecule has 2 aromatic carbocycles. The molecule has 7 atom stereocenters. The van der Waals surface area contributed by atoms with Crippen molar-refractivity contribution >= 4 is 63.3 Å². The van der Waals surface area contributed by atoms with Crippen LogP contribution in [0.3, 0.4) is 0 Å². The number of primary amides is 2. The maximum absolute atomic E-state index is 14.1. The Morgan fingerprint density at radius 1 is 0.809 bits per heavy atom. The van der Waals surface area contributed by atoms with Crippen LogP contribution in [0.1, 0.15) is 86.0 Å². The summed E-state index contributed by atoms with van der Waals surface area (Å²) in [6.07, 6.45) is -0.586. The van der Waals surface area contributed by atoms with Gasteiger partial charge >= 0.3 is 5.97 Å². The normalized spacial score (nSPS) is 16.2. The van der Waals surface area contributed by atoms with Crippen LogP contribution in [-0.2, 0) is 53.2 Å². The number of carbonyl (C=O) groups excluding carboxylic acids is 8. The summed E-state index contributed by atoms with van der Waals surface area (Å²) in [4.78, 5) is 120. The Labute approximate surface area is 396 Å². The molecule has 0 saturated carbocycles. The van der Waals surface area contributed by atoms with E-state index in [1.54, 1.807) is 45.0 Å². The second kappa shape index (κ2) is 26.1. The van der Waals surface area contributed by atoms with Crippen LogP contribution in [0.5, 0.6) is 11.5 Å². The number of carbonyl (C=O) groups is 9. The highest BCUT2D eigenvalue weighted by molar-refractivity contribution is 7.89. The summed E-state index contributed by atoms with van der Waals surface area (Å²) in [7, 11) is -2.57. The SMILES string of the molecule is CC[C@H](C)[C@@H](C(=O)N1CCC[C@H]1C(N)=O)N(C)C(=O)[C@H](CC(C)C)NC(=O)[C@H](C)NC(=O)[C@H](CC(=O)O)NC(=O)[C@H](CC(N)=O)NC(=O)CCCNS(=O)(=O)c1ccc(Oc2ccccc2)cc1. The lowest BCUT2D eigenvalue weighted by molar-refractivity contribution is -0.150. The van der Waals surface area contributed by atoms with Crippen LogP contribution in [-0.4, -0.2) is 133 Å². The maximum Gasteiger partial charge on any atom is 0.305 e. The molecule has 1 saturated heterocycles. The van der Waals surface area contributed by atoms with E-state index in [-0.39, 0.29) is 49.1 Å². The summed E-state index contributed by atoms with van der Waals surface area (Å²) < 4.78 is 33.8. The second-order valence-electron chi connectivity index (χ2n) is 17.1. The number of rotatable bonds is 27. The number of likely N-dealkylation sites (N-methyl/N-ethyl adjacent to an activating group) is 1. The molecule has 0 bridgehead atoms. The minimum atomic E-state index is -4.00. The number of para-hydroxylation sites is 1. The van der Waals surface area contributed by atoms with Gasteiger partial charge in [-0.3, -0.25) is 43.2 Å². The van der Waals surface area contributed by atoms with Crippen LogP contribution >= 0.6 is 0 Å². The number of nitrogens with one attached hydrogen (secondary N) is 5. The van der Waals surface area contributed by atoms with Crippen molar-refractivity contribution in [3.05, 3.63) is 54.6 Å². The number of carboxylic acid groups (broad SMARTS) is 1. The maximum atomic E-state index is 14.1. The molecule has 10 N–H and O–H groups in total. The molecule has 8 amide bonds. The molecule has 0 aliphatic carbocycles. The minimum Gasteiger partial charge on any atom is -0.481 e. The minimum absolute atomic E-state index is 0.0539. The molecule has 1 fully saturated rings. The molecule has 22 nitrogen and oxygen atoms in total. The molecule has 0 aromatic heterocycles. The highest BCUT2D eigenvalue weighted by atomic mass is 32.2. The molecule has 68 heavy (non-hydrogen) atoms. The van der Waals surface area contributed by atoms with Gasteiger partial charge in [-0.05, 0) is 80.8 Å². The summed E-state index contributed by atoms with van der Waals surface area (Å²) in [5.41, 5.74) is 10.9. The number of carboxylic acids is 1. The molecule has 3 rings (SSSR count). The first-order chi connectivity index (χ1) is 31.9. The lowest BCUT2D eigenvalue weighted by Gasteiger charge is -2.37. The number of hydrogen-bond donors (Lipinski definition) is 8. The van der Waals surface area contributed by atoms with Gasteiger partial charge in [0.2, 0.25) is 57.3 Å². The van der Waals surface area contributed by atoms with Crippen molar-refractivity contribution in [2.75, 3.05) is 20.1 Å². The van der Waals surface area contributed by atoms with Gasteiger partial charge in [0.25, 0.3) is 0 Å². The number of ether oxygens (including phenoxy) is 1. The standard InChI is InChI=1S/C45H65N9O13S/c1-7-27(4)39(45(64)54-22-12-15-35(54)40(47)59)53(6)44(63)34(23-26(2)3)52-41(60)28(5)49-42(61)33(25-38(57)58)51-43(62)32(24-36(46)55)50-37(56)16-11-21-48-68(65,66)31-19-17-30(18-20-31)67-29-13-9-8-10-14-29/h8-10,13-14,17-20,26-28,32-35,39,48H,7,11-12,15-16,21-25H2,1-6H3,(H2,46,55)(H2,47,59)(H,49,61)(H,50,56)(H,51,62)(H,52,60)(H,57,58)/t27-,28-,32-,33-,34-,35-,39-/m0/s1. The third-order valence-electron chi connectivity index (χ3n) is 11.2. The van der Waals surface area contributed by atoms with E-state index in [4.69, 9.17) is 16.2 Å². The van der Waals surface area contributed by atoms with Gasteiger partial charge in [-0.25, -0.2) is 13.1 Å². The molecular formula is C45H65N9O13S. The van der Waals surface area contributed by atoms with E-state index in [0.717, 1.165) is 0 Å². The van der Waals surface area contributed by atoms with Crippen molar-refractivity contribution in [2.24, 2.45) is 23.3 Å². The second-order valence-corrected chi connectivity index (χ2v) is 18.9. The lowest BCUT2D eigenvalue weighted by Crippen LogP contribution is -2.60. The number of nitrogens with two attached hydrogens (primary N) is 2. The zero-order valence-electron chi connectivity index (χ0n) is 39.2.